The Kier molecular flexibility index (Phi) is 3.54. The van der Waals surface area contributed by atoms with Crippen LogP contribution in [0.2, 0.25) is 0 Å². The van der Waals surface area contributed by atoms with Crippen molar-refractivity contribution >= 4 is 28.7 Å². The van der Waals surface area contributed by atoms with E-state index in [1.54, 1.807) is 36.4 Å². The molecule has 1 saturated carbocycles. The lowest BCUT2D eigenvalue weighted by Gasteiger charge is -2.41. The Morgan fingerprint density at radius 3 is 2.79 bits per heavy atom. The average Bonchev–Trinajstić information content (AvgIpc) is 3.18. The molecule has 1 aromatic heterocycles. The first-order chi connectivity index (χ1) is 13.5. The molecular formula is C20H16FN3O4. The van der Waals surface area contributed by atoms with Crippen LogP contribution in [0.4, 0.5) is 14.9 Å². The smallest absolute Gasteiger partial charge is 0.329 e. The van der Waals surface area contributed by atoms with E-state index in [0.29, 0.717) is 29.6 Å². The van der Waals surface area contributed by atoms with Crippen LogP contribution in [0.3, 0.4) is 0 Å². The number of oxazole rings is 1. The van der Waals surface area contributed by atoms with E-state index in [1.807, 2.05) is 0 Å². The number of carbonyl (C=O) groups excluding carboxylic acids is 2. The number of nitrogens with zero attached hydrogens (tertiary/aromatic N) is 2. The summed E-state index contributed by atoms with van der Waals surface area (Å²) in [6.07, 6.45) is 0.850. The minimum Gasteiger partial charge on any atom is -0.436 e. The van der Waals surface area contributed by atoms with Gasteiger partial charge < -0.3 is 14.8 Å². The predicted octanol–water partition coefficient (Wildman–Crippen LogP) is 2.83. The number of urea groups is 1. The maximum atomic E-state index is 14.0. The molecule has 3 amide bonds. The molecule has 1 aliphatic heterocycles. The van der Waals surface area contributed by atoms with E-state index in [-0.39, 0.29) is 29.9 Å². The van der Waals surface area contributed by atoms with E-state index >= 15 is 0 Å². The van der Waals surface area contributed by atoms with Gasteiger partial charge in [-0.15, -0.1) is 0 Å². The number of imide groups is 1. The van der Waals surface area contributed by atoms with Gasteiger partial charge in [-0.05, 0) is 49.1 Å². The van der Waals surface area contributed by atoms with Gasteiger partial charge in [0.1, 0.15) is 16.9 Å². The van der Waals surface area contributed by atoms with Crippen LogP contribution < -0.4 is 10.2 Å². The van der Waals surface area contributed by atoms with Crippen molar-refractivity contribution in [2.24, 2.45) is 5.92 Å². The maximum absolute atomic E-state index is 14.0. The summed E-state index contributed by atoms with van der Waals surface area (Å²) in [7, 11) is 0. The lowest BCUT2D eigenvalue weighted by Crippen LogP contribution is -2.57. The number of hydrogen-bond acceptors (Lipinski definition) is 5. The van der Waals surface area contributed by atoms with E-state index in [1.165, 1.54) is 6.07 Å². The molecule has 2 fully saturated rings. The summed E-state index contributed by atoms with van der Waals surface area (Å²) in [6, 6.07) is 10.4. The van der Waals surface area contributed by atoms with Crippen LogP contribution in [-0.2, 0) is 4.79 Å². The van der Waals surface area contributed by atoms with Crippen molar-refractivity contribution in [1.29, 1.82) is 0 Å². The fourth-order valence-corrected chi connectivity index (χ4v) is 3.99. The second kappa shape index (κ2) is 5.87. The molecule has 2 aliphatic rings. The number of aliphatic hydroxyl groups excluding tert-OH is 1. The molecule has 8 heteroatoms. The second-order valence-corrected chi connectivity index (χ2v) is 7.26. The van der Waals surface area contributed by atoms with Crippen LogP contribution in [0, 0.1) is 11.7 Å². The lowest BCUT2D eigenvalue weighted by molar-refractivity contribution is -0.127. The molecule has 1 spiro atoms. The summed E-state index contributed by atoms with van der Waals surface area (Å²) >= 11 is 0. The number of aromatic nitrogens is 1. The molecule has 1 saturated heterocycles. The molecule has 2 aromatic carbocycles. The molecule has 0 radical (unpaired) electrons. The van der Waals surface area contributed by atoms with Crippen molar-refractivity contribution in [3.05, 3.63) is 48.3 Å². The molecule has 1 aliphatic carbocycles. The van der Waals surface area contributed by atoms with Gasteiger partial charge in [0.25, 0.3) is 5.91 Å². The highest BCUT2D eigenvalue weighted by molar-refractivity contribution is 6.24. The predicted molar refractivity (Wildman–Crippen MR) is 98.0 cm³/mol. The summed E-state index contributed by atoms with van der Waals surface area (Å²) in [5, 5.41) is 12.0. The third-order valence-electron chi connectivity index (χ3n) is 5.43. The number of amides is 3. The van der Waals surface area contributed by atoms with Crippen molar-refractivity contribution in [1.82, 2.24) is 10.3 Å². The second-order valence-electron chi connectivity index (χ2n) is 7.26. The van der Waals surface area contributed by atoms with Crippen LogP contribution in [0.25, 0.3) is 22.6 Å². The Balaban J connectivity index is 1.50. The summed E-state index contributed by atoms with van der Waals surface area (Å²) in [5.41, 5.74) is 0.514. The molecule has 5 rings (SSSR count). The number of aliphatic hydroxyl groups is 1. The molecule has 28 heavy (non-hydrogen) atoms. The fraction of sp³-hybridized carbons (Fsp3) is 0.250. The quantitative estimate of drug-likeness (QED) is 0.680. The molecule has 0 bridgehead atoms. The van der Waals surface area contributed by atoms with Crippen LogP contribution in [0.5, 0.6) is 0 Å². The topological polar surface area (TPSA) is 95.7 Å². The largest absolute Gasteiger partial charge is 0.436 e. The first-order valence-corrected chi connectivity index (χ1v) is 8.94. The van der Waals surface area contributed by atoms with E-state index < -0.39 is 17.4 Å². The molecule has 0 atom stereocenters. The van der Waals surface area contributed by atoms with Gasteiger partial charge in [0, 0.05) is 6.61 Å². The summed E-state index contributed by atoms with van der Waals surface area (Å²) in [4.78, 5) is 30.7. The minimum absolute atomic E-state index is 0.00534. The standard InChI is InChI=1S/C20H16FN3O4/c21-14-4-2-1-3-13(14)17-22-15-7-12(5-6-16(15)28-17)24-18(26)20(23-19(24)27)8-11(9-20)10-25/h1-7,11,25H,8-10H2,(H,23,27). The van der Waals surface area contributed by atoms with Gasteiger partial charge in [-0.25, -0.2) is 19.1 Å². The molecule has 0 unspecified atom stereocenters. The third-order valence-corrected chi connectivity index (χ3v) is 5.43. The minimum atomic E-state index is -0.929. The number of hydrogen-bond donors (Lipinski definition) is 2. The Bertz CT molecular complexity index is 1120. The third kappa shape index (κ3) is 2.34. The number of nitrogens with one attached hydrogen (secondary N) is 1. The Morgan fingerprint density at radius 1 is 1.25 bits per heavy atom. The molecule has 2 N–H and O–H groups in total. The van der Waals surface area contributed by atoms with Gasteiger partial charge in [-0.1, -0.05) is 12.1 Å². The fourth-order valence-electron chi connectivity index (χ4n) is 3.99. The Labute approximate surface area is 158 Å². The zero-order chi connectivity index (χ0) is 19.5. The van der Waals surface area contributed by atoms with Crippen molar-refractivity contribution in [2.45, 2.75) is 18.4 Å². The van der Waals surface area contributed by atoms with E-state index in [0.717, 1.165) is 4.90 Å². The molecular weight excluding hydrogens is 365 g/mol. The SMILES string of the molecule is O=C1NC2(CC(CO)C2)C(=O)N1c1ccc2oc(-c3ccccc3F)nc2c1. The number of rotatable bonds is 3. The number of carbonyl (C=O) groups is 2. The molecule has 2 heterocycles. The lowest BCUT2D eigenvalue weighted by atomic mass is 9.68. The Hall–Kier alpha value is -3.26. The first-order valence-electron chi connectivity index (χ1n) is 8.94. The van der Waals surface area contributed by atoms with E-state index in [9.17, 15) is 19.1 Å². The van der Waals surface area contributed by atoms with Gasteiger partial charge in [-0.2, -0.15) is 0 Å². The highest BCUT2D eigenvalue weighted by Gasteiger charge is 2.58. The number of anilines is 1. The van der Waals surface area contributed by atoms with Gasteiger partial charge in [-0.3, -0.25) is 4.79 Å². The van der Waals surface area contributed by atoms with Crippen molar-refractivity contribution in [3.8, 4) is 11.5 Å². The number of benzene rings is 2. The first kappa shape index (κ1) is 16.9. The summed E-state index contributed by atoms with van der Waals surface area (Å²) in [6.45, 7) is -0.00534. The van der Waals surface area contributed by atoms with Gasteiger partial charge in [0.2, 0.25) is 5.89 Å². The van der Waals surface area contributed by atoms with Crippen LogP contribution in [0.15, 0.2) is 46.9 Å². The van der Waals surface area contributed by atoms with E-state index in [4.69, 9.17) is 4.42 Å². The van der Waals surface area contributed by atoms with E-state index in [2.05, 4.69) is 10.3 Å². The molecule has 142 valence electrons. The zero-order valence-corrected chi connectivity index (χ0v) is 14.7. The maximum Gasteiger partial charge on any atom is 0.329 e. The normalized spacial score (nSPS) is 24.1. The monoisotopic (exact) mass is 381 g/mol. The molecule has 3 aromatic rings. The average molecular weight is 381 g/mol. The summed E-state index contributed by atoms with van der Waals surface area (Å²) < 4.78 is 19.6. The van der Waals surface area contributed by atoms with Crippen LogP contribution in [0.1, 0.15) is 12.8 Å². The van der Waals surface area contributed by atoms with Crippen LogP contribution >= 0.6 is 0 Å². The van der Waals surface area contributed by atoms with Crippen LogP contribution in [-0.4, -0.2) is 34.2 Å². The Morgan fingerprint density at radius 2 is 2.04 bits per heavy atom. The van der Waals surface area contributed by atoms with Crippen molar-refractivity contribution in [3.63, 3.8) is 0 Å². The zero-order valence-electron chi connectivity index (χ0n) is 14.7. The molecule has 7 nitrogen and oxygen atoms in total. The highest BCUT2D eigenvalue weighted by Crippen LogP contribution is 2.43. The highest BCUT2D eigenvalue weighted by atomic mass is 19.1. The van der Waals surface area contributed by atoms with Gasteiger partial charge in [0.15, 0.2) is 5.58 Å². The van der Waals surface area contributed by atoms with Gasteiger partial charge in [0.05, 0.1) is 11.3 Å². The number of halogens is 1. The van der Waals surface area contributed by atoms with Gasteiger partial charge >= 0.3 is 6.03 Å². The summed E-state index contributed by atoms with van der Waals surface area (Å²) in [5.74, 6) is -0.637. The van der Waals surface area contributed by atoms with Crippen molar-refractivity contribution < 1.29 is 23.5 Å². The van der Waals surface area contributed by atoms with Crippen molar-refractivity contribution in [2.75, 3.05) is 11.5 Å². The number of fused-ring (bicyclic) bond motifs is 1.